The van der Waals surface area contributed by atoms with Gasteiger partial charge in [-0.3, -0.25) is 0 Å². The van der Waals surface area contributed by atoms with Gasteiger partial charge in [0.1, 0.15) is 18.1 Å². The lowest BCUT2D eigenvalue weighted by Crippen LogP contribution is -2.09. The first kappa shape index (κ1) is 15.8. The summed E-state index contributed by atoms with van der Waals surface area (Å²) in [5.41, 5.74) is -0.0590. The molecule has 3 aromatic heterocycles. The first-order valence-corrected chi connectivity index (χ1v) is 8.23. The van der Waals surface area contributed by atoms with Gasteiger partial charge in [-0.2, -0.15) is 0 Å². The van der Waals surface area contributed by atoms with E-state index in [9.17, 15) is 0 Å². The molecule has 0 unspecified atom stereocenters. The zero-order valence-corrected chi connectivity index (χ0v) is 14.4. The van der Waals surface area contributed by atoms with Crippen LogP contribution in [0.3, 0.4) is 0 Å². The molecule has 8 heteroatoms. The van der Waals surface area contributed by atoms with E-state index in [2.05, 4.69) is 41.3 Å². The first-order valence-electron chi connectivity index (χ1n) is 7.35. The monoisotopic (exact) mass is 333 g/mol. The van der Waals surface area contributed by atoms with Crippen LogP contribution in [0.25, 0.3) is 0 Å². The normalized spacial score (nSPS) is 13.4. The third-order valence-corrected chi connectivity index (χ3v) is 4.34. The van der Waals surface area contributed by atoms with Crippen LogP contribution in [0.5, 0.6) is 0 Å². The summed E-state index contributed by atoms with van der Waals surface area (Å²) in [4.78, 5) is 4.38. The lowest BCUT2D eigenvalue weighted by molar-refractivity contribution is 0.383. The van der Waals surface area contributed by atoms with Gasteiger partial charge in [-0.25, -0.2) is 9.67 Å². The molecule has 3 rings (SSSR count). The van der Waals surface area contributed by atoms with Gasteiger partial charge in [-0.1, -0.05) is 32.5 Å². The van der Waals surface area contributed by atoms with Crippen molar-refractivity contribution in [1.82, 2.24) is 25.2 Å². The van der Waals surface area contributed by atoms with Crippen LogP contribution in [-0.2, 0) is 12.0 Å². The van der Waals surface area contributed by atoms with Gasteiger partial charge in [0.05, 0.1) is 17.7 Å². The van der Waals surface area contributed by atoms with Gasteiger partial charge in [0.2, 0.25) is 11.0 Å². The Kier molecular flexibility index (Phi) is 4.25. The van der Waals surface area contributed by atoms with E-state index in [1.807, 2.05) is 19.1 Å². The highest BCUT2D eigenvalue weighted by Gasteiger charge is 2.23. The topological polar surface area (TPSA) is 82.8 Å². The van der Waals surface area contributed by atoms with Crippen molar-refractivity contribution in [2.75, 3.05) is 0 Å². The van der Waals surface area contributed by atoms with E-state index >= 15 is 0 Å². The van der Waals surface area contributed by atoms with E-state index in [1.165, 1.54) is 11.8 Å². The molecule has 7 nitrogen and oxygen atoms in total. The Balaban J connectivity index is 1.72. The molecule has 0 aromatic carbocycles. The van der Waals surface area contributed by atoms with Crippen molar-refractivity contribution < 1.29 is 8.83 Å². The Morgan fingerprint density at radius 2 is 2.17 bits per heavy atom. The maximum atomic E-state index is 5.88. The standard InChI is InChI=1S/C15H19N5O2S/c1-10(13-16-8-12(22-13)15(2,3)4)23-14-17-18-19-20(14)9-11-6-5-7-21-11/h5-8,10H,9H2,1-4H3/t10-/m0/s1. The summed E-state index contributed by atoms with van der Waals surface area (Å²) >= 11 is 1.50. The Morgan fingerprint density at radius 3 is 2.83 bits per heavy atom. The predicted molar refractivity (Wildman–Crippen MR) is 85.1 cm³/mol. The van der Waals surface area contributed by atoms with Crippen LogP contribution in [0.4, 0.5) is 0 Å². The molecule has 0 amide bonds. The van der Waals surface area contributed by atoms with Gasteiger partial charge < -0.3 is 8.83 Å². The SMILES string of the molecule is C[C@H](Sc1nnnn1Cc1ccco1)c1ncc(C(C)(C)C)o1. The number of oxazole rings is 1. The Bertz CT molecular complexity index is 757. The number of rotatable bonds is 5. The average molecular weight is 333 g/mol. The summed E-state index contributed by atoms with van der Waals surface area (Å²) in [6.07, 6.45) is 3.42. The van der Waals surface area contributed by atoms with Crippen LogP contribution in [0.2, 0.25) is 0 Å². The van der Waals surface area contributed by atoms with Crippen molar-refractivity contribution in [2.24, 2.45) is 0 Å². The molecule has 3 aromatic rings. The summed E-state index contributed by atoms with van der Waals surface area (Å²) < 4.78 is 12.9. The quantitative estimate of drug-likeness (QED) is 0.661. The van der Waals surface area contributed by atoms with Crippen LogP contribution >= 0.6 is 11.8 Å². The largest absolute Gasteiger partial charge is 0.467 e. The van der Waals surface area contributed by atoms with Gasteiger partial charge in [0, 0.05) is 5.41 Å². The molecule has 122 valence electrons. The molecule has 0 bridgehead atoms. The van der Waals surface area contributed by atoms with E-state index in [1.54, 1.807) is 17.1 Å². The summed E-state index contributed by atoms with van der Waals surface area (Å²) in [6, 6.07) is 3.74. The highest BCUT2D eigenvalue weighted by atomic mass is 32.2. The Hall–Kier alpha value is -2.09. The van der Waals surface area contributed by atoms with E-state index in [0.29, 0.717) is 17.6 Å². The van der Waals surface area contributed by atoms with Gasteiger partial charge in [0.15, 0.2) is 0 Å². The molecule has 23 heavy (non-hydrogen) atoms. The zero-order valence-electron chi connectivity index (χ0n) is 13.6. The fourth-order valence-electron chi connectivity index (χ4n) is 1.96. The lowest BCUT2D eigenvalue weighted by Gasteiger charge is -2.13. The minimum Gasteiger partial charge on any atom is -0.467 e. The van der Waals surface area contributed by atoms with Crippen LogP contribution in [0, 0.1) is 0 Å². The summed E-state index contributed by atoms with van der Waals surface area (Å²) in [5.74, 6) is 2.35. The van der Waals surface area contributed by atoms with E-state index in [-0.39, 0.29) is 10.7 Å². The second-order valence-electron chi connectivity index (χ2n) is 6.27. The van der Waals surface area contributed by atoms with E-state index in [0.717, 1.165) is 11.5 Å². The maximum absolute atomic E-state index is 5.88. The van der Waals surface area contributed by atoms with Gasteiger partial charge in [-0.05, 0) is 29.5 Å². The average Bonchev–Trinajstić information content (AvgIpc) is 3.20. The van der Waals surface area contributed by atoms with Crippen LogP contribution < -0.4 is 0 Å². The summed E-state index contributed by atoms with van der Waals surface area (Å²) in [7, 11) is 0. The number of hydrogen-bond donors (Lipinski definition) is 0. The molecular weight excluding hydrogens is 314 g/mol. The van der Waals surface area contributed by atoms with Gasteiger partial charge in [0.25, 0.3) is 0 Å². The molecule has 0 saturated heterocycles. The Morgan fingerprint density at radius 1 is 1.35 bits per heavy atom. The fraction of sp³-hybridized carbons (Fsp3) is 0.467. The summed E-state index contributed by atoms with van der Waals surface area (Å²) in [5, 5.41) is 12.5. The molecule has 0 saturated carbocycles. The van der Waals surface area contributed by atoms with Crippen LogP contribution in [-0.4, -0.2) is 25.2 Å². The van der Waals surface area contributed by atoms with Crippen LogP contribution in [0.1, 0.15) is 50.4 Å². The number of nitrogens with zero attached hydrogens (tertiary/aromatic N) is 5. The van der Waals surface area contributed by atoms with E-state index in [4.69, 9.17) is 8.83 Å². The molecule has 0 N–H and O–H groups in total. The molecule has 3 heterocycles. The number of hydrogen-bond acceptors (Lipinski definition) is 7. The summed E-state index contributed by atoms with van der Waals surface area (Å²) in [6.45, 7) is 8.81. The molecule has 1 atom stereocenters. The van der Waals surface area contributed by atoms with E-state index < -0.39 is 0 Å². The molecule has 0 fully saturated rings. The fourth-order valence-corrected chi connectivity index (χ4v) is 2.79. The van der Waals surface area contributed by atoms with Crippen molar-refractivity contribution in [3.8, 4) is 0 Å². The third kappa shape index (κ3) is 3.64. The van der Waals surface area contributed by atoms with Crippen LogP contribution in [0.15, 0.2) is 38.6 Å². The lowest BCUT2D eigenvalue weighted by atomic mass is 9.94. The third-order valence-electron chi connectivity index (χ3n) is 3.28. The molecule has 0 aliphatic carbocycles. The molecule has 0 aliphatic heterocycles. The zero-order chi connectivity index (χ0) is 16.4. The minimum absolute atomic E-state index is 0.00690. The van der Waals surface area contributed by atoms with Crippen molar-refractivity contribution in [3.05, 3.63) is 42.0 Å². The van der Waals surface area contributed by atoms with Gasteiger partial charge in [-0.15, -0.1) is 5.10 Å². The number of furan rings is 1. The van der Waals surface area contributed by atoms with Crippen molar-refractivity contribution in [2.45, 2.75) is 50.1 Å². The molecule has 0 radical (unpaired) electrons. The highest BCUT2D eigenvalue weighted by Crippen LogP contribution is 2.34. The number of tetrazole rings is 1. The van der Waals surface area contributed by atoms with Crippen molar-refractivity contribution >= 4 is 11.8 Å². The Labute approximate surface area is 138 Å². The molecule has 0 aliphatic rings. The maximum Gasteiger partial charge on any atom is 0.210 e. The second-order valence-corrected chi connectivity index (χ2v) is 7.58. The highest BCUT2D eigenvalue weighted by molar-refractivity contribution is 7.99. The number of aromatic nitrogens is 5. The second kappa shape index (κ2) is 6.19. The van der Waals surface area contributed by atoms with Crippen molar-refractivity contribution in [3.63, 3.8) is 0 Å². The van der Waals surface area contributed by atoms with Gasteiger partial charge >= 0.3 is 0 Å². The molecule has 0 spiro atoms. The molecular formula is C15H19N5O2S. The number of thioether (sulfide) groups is 1. The predicted octanol–water partition coefficient (Wildman–Crippen LogP) is 3.45. The smallest absolute Gasteiger partial charge is 0.210 e. The minimum atomic E-state index is -0.0590. The van der Waals surface area contributed by atoms with Crippen molar-refractivity contribution in [1.29, 1.82) is 0 Å². The first-order chi connectivity index (χ1) is 10.9.